The summed E-state index contributed by atoms with van der Waals surface area (Å²) in [6.07, 6.45) is -1.47. The van der Waals surface area contributed by atoms with E-state index in [9.17, 15) is 9.59 Å². The van der Waals surface area contributed by atoms with Gasteiger partial charge in [0.15, 0.2) is 0 Å². The molecule has 0 aromatic heterocycles. The lowest BCUT2D eigenvalue weighted by molar-refractivity contribution is 0.0417. The minimum atomic E-state index is -0.594. The summed E-state index contributed by atoms with van der Waals surface area (Å²) >= 11 is 1.58. The van der Waals surface area contributed by atoms with Crippen molar-refractivity contribution in [3.8, 4) is 0 Å². The minimum Gasteiger partial charge on any atom is -0.450 e. The van der Waals surface area contributed by atoms with Gasteiger partial charge in [-0.25, -0.2) is 9.59 Å². The normalized spacial score (nSPS) is 20.6. The summed E-state index contributed by atoms with van der Waals surface area (Å²) in [5, 5.41) is 2.56. The summed E-state index contributed by atoms with van der Waals surface area (Å²) in [4.78, 5) is 26.0. The summed E-state index contributed by atoms with van der Waals surface area (Å²) in [6, 6.07) is 9.69. The van der Waals surface area contributed by atoms with Crippen LogP contribution < -0.4 is 5.32 Å². The van der Waals surface area contributed by atoms with E-state index in [0.29, 0.717) is 5.75 Å². The lowest BCUT2D eigenvalue weighted by atomic mass is 10.2. The number of nitrogens with one attached hydrogen (secondary N) is 1. The van der Waals surface area contributed by atoms with Crippen LogP contribution in [0.3, 0.4) is 0 Å². The number of rotatable bonds is 3. The molecule has 7 heteroatoms. The van der Waals surface area contributed by atoms with E-state index < -0.39 is 24.0 Å². The van der Waals surface area contributed by atoms with Crippen LogP contribution in [0.4, 0.5) is 9.59 Å². The molecule has 24 heavy (non-hydrogen) atoms. The van der Waals surface area contributed by atoms with Crippen molar-refractivity contribution in [1.29, 1.82) is 0 Å². The molecule has 1 fully saturated rings. The van der Waals surface area contributed by atoms with Crippen molar-refractivity contribution in [2.75, 3.05) is 12.4 Å². The Labute approximate surface area is 146 Å². The molecule has 1 aliphatic heterocycles. The summed E-state index contributed by atoms with van der Waals surface area (Å²) in [5.74, 6) is 0.567. The number of alkyl carbamates (subject to hydrolysis) is 1. The van der Waals surface area contributed by atoms with Gasteiger partial charge in [-0.2, -0.15) is 0 Å². The van der Waals surface area contributed by atoms with Crippen LogP contribution in [0.1, 0.15) is 38.6 Å². The molecule has 0 bridgehead atoms. The van der Waals surface area contributed by atoms with E-state index in [2.05, 4.69) is 5.32 Å². The number of benzene rings is 1. The molecule has 0 saturated carbocycles. The van der Waals surface area contributed by atoms with Gasteiger partial charge in [0.25, 0.3) is 0 Å². The van der Waals surface area contributed by atoms with Gasteiger partial charge in [0.05, 0.1) is 6.61 Å². The Morgan fingerprint density at radius 1 is 1.29 bits per heavy atom. The van der Waals surface area contributed by atoms with Gasteiger partial charge in [-0.05, 0) is 33.3 Å². The van der Waals surface area contributed by atoms with Crippen molar-refractivity contribution >= 4 is 23.9 Å². The third-order valence-electron chi connectivity index (χ3n) is 3.25. The third-order valence-corrected chi connectivity index (χ3v) is 4.57. The van der Waals surface area contributed by atoms with E-state index >= 15 is 0 Å². The Morgan fingerprint density at radius 3 is 2.54 bits per heavy atom. The Balaban J connectivity index is 2.15. The number of amides is 2. The maximum Gasteiger partial charge on any atom is 0.412 e. The molecular formula is C17H24N2O4S. The first-order chi connectivity index (χ1) is 11.3. The minimum absolute atomic E-state index is 0.204. The predicted molar refractivity (Wildman–Crippen MR) is 93.7 cm³/mol. The van der Waals surface area contributed by atoms with Crippen LogP contribution in [-0.4, -0.2) is 41.2 Å². The van der Waals surface area contributed by atoms with Gasteiger partial charge in [-0.15, -0.1) is 11.8 Å². The van der Waals surface area contributed by atoms with Crippen molar-refractivity contribution in [1.82, 2.24) is 10.2 Å². The van der Waals surface area contributed by atoms with Gasteiger partial charge in [0.1, 0.15) is 17.1 Å². The van der Waals surface area contributed by atoms with Gasteiger partial charge in [-0.3, -0.25) is 4.90 Å². The molecule has 1 saturated heterocycles. The number of ether oxygens (including phenoxy) is 2. The average molecular weight is 352 g/mol. The van der Waals surface area contributed by atoms with Crippen molar-refractivity contribution in [3.63, 3.8) is 0 Å². The average Bonchev–Trinajstić information content (AvgIpc) is 2.90. The summed E-state index contributed by atoms with van der Waals surface area (Å²) in [7, 11) is 0. The highest BCUT2D eigenvalue weighted by molar-refractivity contribution is 7.99. The molecule has 0 aliphatic carbocycles. The summed E-state index contributed by atoms with van der Waals surface area (Å²) in [6.45, 7) is 7.43. The topological polar surface area (TPSA) is 67.9 Å². The number of carbonyl (C=O) groups is 2. The van der Waals surface area contributed by atoms with Crippen LogP contribution in [-0.2, 0) is 9.47 Å². The van der Waals surface area contributed by atoms with E-state index in [1.807, 2.05) is 30.3 Å². The molecule has 1 aliphatic rings. The van der Waals surface area contributed by atoms with E-state index in [1.54, 1.807) is 44.4 Å². The smallest absolute Gasteiger partial charge is 0.412 e. The monoisotopic (exact) mass is 352 g/mol. The second kappa shape index (κ2) is 7.79. The molecule has 1 aromatic rings. The molecule has 6 nitrogen and oxygen atoms in total. The van der Waals surface area contributed by atoms with E-state index in [-0.39, 0.29) is 12.0 Å². The molecule has 2 rings (SSSR count). The van der Waals surface area contributed by atoms with Crippen molar-refractivity contribution in [3.05, 3.63) is 35.9 Å². The maximum atomic E-state index is 12.4. The Morgan fingerprint density at radius 2 is 1.96 bits per heavy atom. The van der Waals surface area contributed by atoms with Crippen molar-refractivity contribution in [2.24, 2.45) is 0 Å². The maximum absolute atomic E-state index is 12.4. The number of hydrogen-bond donors (Lipinski definition) is 1. The number of hydrogen-bond acceptors (Lipinski definition) is 5. The van der Waals surface area contributed by atoms with Crippen LogP contribution >= 0.6 is 11.8 Å². The molecular weight excluding hydrogens is 328 g/mol. The third kappa shape index (κ3) is 4.80. The Kier molecular flexibility index (Phi) is 5.99. The zero-order chi connectivity index (χ0) is 17.7. The van der Waals surface area contributed by atoms with Crippen molar-refractivity contribution < 1.29 is 19.1 Å². The van der Waals surface area contributed by atoms with E-state index in [4.69, 9.17) is 9.47 Å². The molecule has 2 atom stereocenters. The van der Waals surface area contributed by atoms with Crippen molar-refractivity contribution in [2.45, 2.75) is 44.8 Å². The number of nitrogens with zero attached hydrogens (tertiary/aromatic N) is 1. The summed E-state index contributed by atoms with van der Waals surface area (Å²) in [5.41, 5.74) is 0.396. The van der Waals surface area contributed by atoms with Gasteiger partial charge in [-0.1, -0.05) is 30.3 Å². The largest absolute Gasteiger partial charge is 0.450 e. The Hall–Kier alpha value is -1.89. The SMILES string of the molecule is CCOC(=O)N1[C@@H](c2ccccc2)SC[C@H]1NC(=O)OC(C)(C)C. The van der Waals surface area contributed by atoms with E-state index in [1.165, 1.54) is 0 Å². The first-order valence-corrected chi connectivity index (χ1v) is 8.98. The molecule has 132 valence electrons. The quantitative estimate of drug-likeness (QED) is 0.897. The number of carbonyl (C=O) groups excluding carboxylic acids is 2. The highest BCUT2D eigenvalue weighted by atomic mass is 32.2. The molecule has 1 N–H and O–H groups in total. The molecule has 2 amide bonds. The van der Waals surface area contributed by atoms with Crippen LogP contribution in [0.15, 0.2) is 30.3 Å². The highest BCUT2D eigenvalue weighted by Gasteiger charge is 2.40. The van der Waals surface area contributed by atoms with Gasteiger partial charge >= 0.3 is 12.2 Å². The highest BCUT2D eigenvalue weighted by Crippen LogP contribution is 2.40. The predicted octanol–water partition coefficient (Wildman–Crippen LogP) is 3.74. The first kappa shape index (κ1) is 18.4. The van der Waals surface area contributed by atoms with Crippen LogP contribution in [0.5, 0.6) is 0 Å². The number of thioether (sulfide) groups is 1. The Bertz CT molecular complexity index is 574. The molecule has 0 unspecified atom stereocenters. The second-order valence-corrected chi connectivity index (χ2v) is 7.48. The molecule has 1 aromatic carbocycles. The van der Waals surface area contributed by atoms with Crippen LogP contribution in [0.2, 0.25) is 0 Å². The fourth-order valence-corrected chi connectivity index (χ4v) is 3.71. The second-order valence-electron chi connectivity index (χ2n) is 6.36. The lowest BCUT2D eigenvalue weighted by Crippen LogP contribution is -2.50. The molecule has 0 spiro atoms. The molecule has 1 heterocycles. The fraction of sp³-hybridized carbons (Fsp3) is 0.529. The van der Waals surface area contributed by atoms with E-state index in [0.717, 1.165) is 5.56 Å². The zero-order valence-corrected chi connectivity index (χ0v) is 15.3. The fourth-order valence-electron chi connectivity index (χ4n) is 2.36. The van der Waals surface area contributed by atoms with Gasteiger partial charge < -0.3 is 14.8 Å². The molecule has 0 radical (unpaired) electrons. The zero-order valence-electron chi connectivity index (χ0n) is 14.4. The van der Waals surface area contributed by atoms with Gasteiger partial charge in [0.2, 0.25) is 0 Å². The van der Waals surface area contributed by atoms with Gasteiger partial charge in [0, 0.05) is 5.75 Å². The van der Waals surface area contributed by atoms with Crippen LogP contribution in [0.25, 0.3) is 0 Å². The van der Waals surface area contributed by atoms with Crippen LogP contribution in [0, 0.1) is 0 Å². The standard InChI is InChI=1S/C17H24N2O4S/c1-5-22-16(21)19-13(18-15(20)23-17(2,3)4)11-24-14(19)12-9-7-6-8-10-12/h6-10,13-14H,5,11H2,1-4H3,(H,18,20)/t13-,14+/m0/s1. The first-order valence-electron chi connectivity index (χ1n) is 7.93. The lowest BCUT2D eigenvalue weighted by Gasteiger charge is -2.29. The summed E-state index contributed by atoms with van der Waals surface area (Å²) < 4.78 is 10.5.